The first-order chi connectivity index (χ1) is 11.7. The Morgan fingerprint density at radius 2 is 2.08 bits per heavy atom. The van der Waals surface area contributed by atoms with Crippen molar-refractivity contribution in [3.8, 4) is 0 Å². The van der Waals surface area contributed by atoms with Crippen molar-refractivity contribution in [3.05, 3.63) is 33.9 Å². The number of nitro groups is 1. The summed E-state index contributed by atoms with van der Waals surface area (Å²) in [6.45, 7) is 0.0297. The Bertz CT molecular complexity index is 805. The molecule has 0 bridgehead atoms. The van der Waals surface area contributed by atoms with Gasteiger partial charge in [-0.3, -0.25) is 19.7 Å². The highest BCUT2D eigenvalue weighted by molar-refractivity contribution is 8.01. The third-order valence-corrected chi connectivity index (χ3v) is 6.70. The summed E-state index contributed by atoms with van der Waals surface area (Å²) in [4.78, 5) is 31.7. The van der Waals surface area contributed by atoms with Gasteiger partial charge in [-0.2, -0.15) is 0 Å². The molecule has 0 saturated carbocycles. The Labute approximate surface area is 147 Å². The zero-order chi connectivity index (χ0) is 18.6. The minimum atomic E-state index is -3.58. The molecule has 2 rings (SSSR count). The van der Waals surface area contributed by atoms with Gasteiger partial charge in [-0.05, 0) is 11.6 Å². The van der Waals surface area contributed by atoms with Crippen LogP contribution in [0.1, 0.15) is 23.7 Å². The number of hydrogen-bond acceptors (Lipinski definition) is 8. The maximum atomic E-state index is 12.2. The lowest BCUT2D eigenvalue weighted by Crippen LogP contribution is -2.10. The van der Waals surface area contributed by atoms with E-state index >= 15 is 0 Å². The first-order valence-corrected chi connectivity index (χ1v) is 9.91. The van der Waals surface area contributed by atoms with Crippen molar-refractivity contribution in [1.29, 1.82) is 0 Å². The first-order valence-electron chi connectivity index (χ1n) is 7.21. The highest BCUT2D eigenvalue weighted by Gasteiger charge is 2.36. The second-order valence-electron chi connectivity index (χ2n) is 5.23. The van der Waals surface area contributed by atoms with E-state index in [-0.39, 0.29) is 35.8 Å². The van der Waals surface area contributed by atoms with Crippen LogP contribution < -0.4 is 0 Å². The van der Waals surface area contributed by atoms with Crippen molar-refractivity contribution < 1.29 is 32.8 Å². The van der Waals surface area contributed by atoms with E-state index in [1.165, 1.54) is 23.9 Å². The Morgan fingerprint density at radius 1 is 1.36 bits per heavy atom. The maximum absolute atomic E-state index is 12.2. The number of hydrogen-bond donors (Lipinski definition) is 1. The molecule has 0 amide bonds. The molecular formula is C14H15NO8S2. The number of thioether (sulfide) groups is 1. The normalized spacial score (nSPS) is 17.7. The summed E-state index contributed by atoms with van der Waals surface area (Å²) in [5, 5.41) is 18.9. The van der Waals surface area contributed by atoms with E-state index in [0.29, 0.717) is 11.3 Å². The molecular weight excluding hydrogens is 374 g/mol. The molecule has 0 spiro atoms. The molecule has 0 saturated heterocycles. The van der Waals surface area contributed by atoms with Gasteiger partial charge in [-0.25, -0.2) is 8.42 Å². The molecule has 9 nitrogen and oxygen atoms in total. The largest absolute Gasteiger partial charge is 0.481 e. The topological polar surface area (TPSA) is 141 Å². The molecule has 1 aromatic rings. The minimum Gasteiger partial charge on any atom is -0.481 e. The zero-order valence-electron chi connectivity index (χ0n) is 12.9. The van der Waals surface area contributed by atoms with Gasteiger partial charge in [0.2, 0.25) is 0 Å². The number of carbonyl (C=O) groups is 2. The number of carboxylic acid groups (broad SMARTS) is 1. The molecule has 0 aromatic heterocycles. The molecule has 0 fully saturated rings. The number of carbonyl (C=O) groups excluding carboxylic acids is 1. The lowest BCUT2D eigenvalue weighted by Gasteiger charge is -2.10. The molecule has 1 atom stereocenters. The number of benzene rings is 1. The Morgan fingerprint density at radius 3 is 2.72 bits per heavy atom. The summed E-state index contributed by atoms with van der Waals surface area (Å²) in [6.07, 6.45) is -0.524. The number of nitro benzene ring substituents is 1. The third-order valence-electron chi connectivity index (χ3n) is 3.47. The average Bonchev–Trinajstić information content (AvgIpc) is 2.80. The minimum absolute atomic E-state index is 0.0297. The number of fused-ring (bicyclic) bond motifs is 1. The first kappa shape index (κ1) is 19.2. The molecule has 136 valence electrons. The van der Waals surface area contributed by atoms with Gasteiger partial charge in [-0.15, -0.1) is 11.8 Å². The predicted octanol–water partition coefficient (Wildman–Crippen LogP) is 1.56. The molecule has 0 aliphatic carbocycles. The van der Waals surface area contributed by atoms with Crippen molar-refractivity contribution >= 4 is 39.2 Å². The Kier molecular flexibility index (Phi) is 6.01. The lowest BCUT2D eigenvalue weighted by atomic mass is 10.1. The number of rotatable bonds is 8. The predicted molar refractivity (Wildman–Crippen MR) is 88.2 cm³/mol. The van der Waals surface area contributed by atoms with Crippen molar-refractivity contribution in [1.82, 2.24) is 0 Å². The highest BCUT2D eigenvalue weighted by Crippen LogP contribution is 2.43. The summed E-state index contributed by atoms with van der Waals surface area (Å²) in [5.74, 6) is -1.55. The molecule has 1 aliphatic rings. The average molecular weight is 389 g/mol. The number of carboxylic acids is 1. The van der Waals surface area contributed by atoms with E-state index in [0.717, 1.165) is 6.07 Å². The molecule has 11 heteroatoms. The fourth-order valence-corrected chi connectivity index (χ4v) is 5.79. The molecule has 1 unspecified atom stereocenters. The molecule has 1 aromatic carbocycles. The van der Waals surface area contributed by atoms with E-state index in [1.54, 1.807) is 0 Å². The van der Waals surface area contributed by atoms with Gasteiger partial charge in [0.05, 0.1) is 28.4 Å². The molecule has 1 N–H and O–H groups in total. The van der Waals surface area contributed by atoms with Crippen molar-refractivity contribution in [2.24, 2.45) is 0 Å². The summed E-state index contributed by atoms with van der Waals surface area (Å²) in [5.41, 5.74) is 0.230. The van der Waals surface area contributed by atoms with Crippen LogP contribution >= 0.6 is 11.8 Å². The van der Waals surface area contributed by atoms with E-state index < -0.39 is 31.9 Å². The van der Waals surface area contributed by atoms with E-state index in [2.05, 4.69) is 0 Å². The lowest BCUT2D eigenvalue weighted by molar-refractivity contribution is -0.385. The Hall–Kier alpha value is -2.14. The van der Waals surface area contributed by atoms with Gasteiger partial charge in [0.15, 0.2) is 9.84 Å². The fraction of sp³-hybridized carbons (Fsp3) is 0.429. The van der Waals surface area contributed by atoms with E-state index in [4.69, 9.17) is 9.84 Å². The van der Waals surface area contributed by atoms with Crippen LogP contribution in [0, 0.1) is 10.1 Å². The van der Waals surface area contributed by atoms with Crippen LogP contribution in [0.15, 0.2) is 23.1 Å². The molecule has 0 radical (unpaired) electrons. The maximum Gasteiger partial charge on any atom is 0.306 e. The second kappa shape index (κ2) is 7.83. The van der Waals surface area contributed by atoms with E-state index in [1.807, 2.05) is 0 Å². The number of sulfone groups is 1. The fourth-order valence-electron chi connectivity index (χ4n) is 2.32. The Balaban J connectivity index is 1.92. The van der Waals surface area contributed by atoms with Crippen molar-refractivity contribution in [2.75, 3.05) is 18.1 Å². The van der Waals surface area contributed by atoms with Crippen LogP contribution in [0.5, 0.6) is 0 Å². The van der Waals surface area contributed by atoms with Crippen molar-refractivity contribution in [2.45, 2.75) is 23.0 Å². The van der Waals surface area contributed by atoms with Gasteiger partial charge >= 0.3 is 11.9 Å². The quantitative estimate of drug-likeness (QED) is 0.303. The SMILES string of the molecule is O=C(O)CCC(=O)OCCSC1CS(=O)(=O)c2cc([N+](=O)[O-])ccc21. The van der Waals surface area contributed by atoms with Gasteiger partial charge in [0, 0.05) is 23.1 Å². The monoisotopic (exact) mass is 389 g/mol. The summed E-state index contributed by atoms with van der Waals surface area (Å²) < 4.78 is 29.2. The number of ether oxygens (including phenoxy) is 1. The number of non-ortho nitro benzene ring substituents is 1. The van der Waals surface area contributed by atoms with E-state index in [9.17, 15) is 28.1 Å². The molecule has 25 heavy (non-hydrogen) atoms. The standard InChI is InChI=1S/C14H15NO8S2/c16-13(17)3-4-14(18)23-5-6-24-11-8-25(21,22)12-7-9(15(19)20)1-2-10(11)12/h1-2,7,11H,3-6,8H2,(H,16,17). The molecule has 1 aliphatic heterocycles. The van der Waals surface area contributed by atoms with Crippen LogP contribution in [0.25, 0.3) is 0 Å². The summed E-state index contributed by atoms with van der Waals surface area (Å²) in [7, 11) is -3.58. The van der Waals surface area contributed by atoms with Gasteiger partial charge in [0.25, 0.3) is 5.69 Å². The van der Waals surface area contributed by atoms with Crippen LogP contribution in [-0.2, 0) is 24.2 Å². The van der Waals surface area contributed by atoms with Crippen LogP contribution in [-0.4, -0.2) is 48.5 Å². The van der Waals surface area contributed by atoms with Gasteiger partial charge in [-0.1, -0.05) is 0 Å². The van der Waals surface area contributed by atoms with Gasteiger partial charge < -0.3 is 9.84 Å². The summed E-state index contributed by atoms with van der Waals surface area (Å²) >= 11 is 1.27. The summed E-state index contributed by atoms with van der Waals surface area (Å²) in [6, 6.07) is 3.77. The van der Waals surface area contributed by atoms with Gasteiger partial charge in [0.1, 0.15) is 6.61 Å². The van der Waals surface area contributed by atoms with Crippen LogP contribution in [0.2, 0.25) is 0 Å². The third kappa shape index (κ3) is 4.92. The number of nitrogens with zero attached hydrogens (tertiary/aromatic N) is 1. The smallest absolute Gasteiger partial charge is 0.306 e. The second-order valence-corrected chi connectivity index (χ2v) is 8.55. The van der Waals surface area contributed by atoms with Crippen LogP contribution in [0.3, 0.4) is 0 Å². The van der Waals surface area contributed by atoms with Crippen LogP contribution in [0.4, 0.5) is 5.69 Å². The van der Waals surface area contributed by atoms with Crippen molar-refractivity contribution in [3.63, 3.8) is 0 Å². The zero-order valence-corrected chi connectivity index (χ0v) is 14.5. The number of aliphatic carboxylic acids is 1. The highest BCUT2D eigenvalue weighted by atomic mass is 32.2. The number of esters is 1. The molecule has 1 heterocycles.